The molecular formula is C15H15N3O4. The number of anilines is 2. The number of carbonyl (C=O) groups is 1. The average molecular weight is 301 g/mol. The Balaban J connectivity index is 2.26. The lowest BCUT2D eigenvalue weighted by atomic mass is 10.1. The molecule has 0 atom stereocenters. The lowest BCUT2D eigenvalue weighted by Crippen LogP contribution is -2.14. The predicted molar refractivity (Wildman–Crippen MR) is 83.2 cm³/mol. The smallest absolute Gasteiger partial charge is 0.274 e. The number of ether oxygens (including phenoxy) is 1. The molecule has 0 unspecified atom stereocenters. The van der Waals surface area contributed by atoms with Gasteiger partial charge in [-0.25, -0.2) is 0 Å². The summed E-state index contributed by atoms with van der Waals surface area (Å²) in [5.74, 6) is 0.0957. The molecule has 0 heterocycles. The number of nitrogen functional groups attached to an aromatic ring is 1. The standard InChI is InChI=1S/C15H15N3O4/c1-9-3-4-10(7-14(9)18(20)21)17-15(19)12-6-5-11(22-2)8-13(12)16/h3-8H,16H2,1-2H3,(H,17,19). The van der Waals surface area contributed by atoms with Crippen molar-refractivity contribution < 1.29 is 14.5 Å². The van der Waals surface area contributed by atoms with Crippen molar-refractivity contribution in [3.05, 3.63) is 57.6 Å². The number of nitrogens with two attached hydrogens (primary N) is 1. The highest BCUT2D eigenvalue weighted by atomic mass is 16.6. The first-order chi connectivity index (χ1) is 10.4. The third kappa shape index (κ3) is 3.14. The molecule has 22 heavy (non-hydrogen) atoms. The minimum Gasteiger partial charge on any atom is -0.497 e. The number of nitro groups is 1. The average Bonchev–Trinajstić information content (AvgIpc) is 2.48. The summed E-state index contributed by atoms with van der Waals surface area (Å²) in [5.41, 5.74) is 7.13. The summed E-state index contributed by atoms with van der Waals surface area (Å²) >= 11 is 0. The summed E-state index contributed by atoms with van der Waals surface area (Å²) in [6, 6.07) is 9.17. The van der Waals surface area contributed by atoms with E-state index >= 15 is 0 Å². The number of nitrogens with zero attached hydrogens (tertiary/aromatic N) is 1. The van der Waals surface area contributed by atoms with E-state index in [4.69, 9.17) is 10.5 Å². The Hall–Kier alpha value is -3.09. The van der Waals surface area contributed by atoms with Crippen LogP contribution in [0.2, 0.25) is 0 Å². The second kappa shape index (κ2) is 6.13. The van der Waals surface area contributed by atoms with Crippen LogP contribution < -0.4 is 15.8 Å². The maximum atomic E-state index is 12.2. The van der Waals surface area contributed by atoms with Gasteiger partial charge in [-0.05, 0) is 25.1 Å². The first kappa shape index (κ1) is 15.3. The van der Waals surface area contributed by atoms with Crippen molar-refractivity contribution in [3.8, 4) is 5.75 Å². The van der Waals surface area contributed by atoms with E-state index in [1.807, 2.05) is 0 Å². The summed E-state index contributed by atoms with van der Waals surface area (Å²) in [5, 5.41) is 13.5. The van der Waals surface area contributed by atoms with Gasteiger partial charge in [-0.15, -0.1) is 0 Å². The van der Waals surface area contributed by atoms with Crippen LogP contribution in [-0.2, 0) is 0 Å². The molecular weight excluding hydrogens is 286 g/mol. The van der Waals surface area contributed by atoms with E-state index in [2.05, 4.69) is 5.32 Å². The Bertz CT molecular complexity index is 744. The van der Waals surface area contributed by atoms with E-state index in [0.29, 0.717) is 17.0 Å². The fourth-order valence-corrected chi connectivity index (χ4v) is 1.96. The van der Waals surface area contributed by atoms with Crippen LogP contribution >= 0.6 is 0 Å². The topological polar surface area (TPSA) is 107 Å². The summed E-state index contributed by atoms with van der Waals surface area (Å²) in [6.07, 6.45) is 0. The number of methoxy groups -OCH3 is 1. The fraction of sp³-hybridized carbons (Fsp3) is 0.133. The molecule has 3 N–H and O–H groups in total. The molecule has 0 saturated heterocycles. The van der Waals surface area contributed by atoms with Crippen molar-refractivity contribution in [2.75, 3.05) is 18.2 Å². The van der Waals surface area contributed by atoms with Gasteiger partial charge >= 0.3 is 0 Å². The minimum atomic E-state index is -0.493. The molecule has 0 aliphatic heterocycles. The summed E-state index contributed by atoms with van der Waals surface area (Å²) < 4.78 is 5.02. The number of hydrogen-bond donors (Lipinski definition) is 2. The van der Waals surface area contributed by atoms with Crippen molar-refractivity contribution in [2.45, 2.75) is 6.92 Å². The third-order valence-corrected chi connectivity index (χ3v) is 3.17. The lowest BCUT2D eigenvalue weighted by Gasteiger charge is -2.09. The van der Waals surface area contributed by atoms with Crippen LogP contribution in [0.1, 0.15) is 15.9 Å². The largest absolute Gasteiger partial charge is 0.497 e. The molecule has 0 aliphatic carbocycles. The molecule has 0 aliphatic rings. The van der Waals surface area contributed by atoms with Gasteiger partial charge in [0.05, 0.1) is 17.6 Å². The van der Waals surface area contributed by atoms with Crippen molar-refractivity contribution >= 4 is 23.0 Å². The Morgan fingerprint density at radius 2 is 2.00 bits per heavy atom. The highest BCUT2D eigenvalue weighted by Gasteiger charge is 2.14. The molecule has 114 valence electrons. The molecule has 0 radical (unpaired) electrons. The van der Waals surface area contributed by atoms with Crippen LogP contribution in [0.15, 0.2) is 36.4 Å². The number of nitrogens with one attached hydrogen (secondary N) is 1. The SMILES string of the molecule is COc1ccc(C(=O)Nc2ccc(C)c([N+](=O)[O-])c2)c(N)c1. The van der Waals surface area contributed by atoms with Gasteiger partial charge in [0, 0.05) is 29.1 Å². The van der Waals surface area contributed by atoms with E-state index in [-0.39, 0.29) is 16.9 Å². The number of rotatable bonds is 4. The molecule has 0 bridgehead atoms. The number of benzene rings is 2. The minimum absolute atomic E-state index is 0.0551. The van der Waals surface area contributed by atoms with Crippen LogP contribution in [-0.4, -0.2) is 17.9 Å². The predicted octanol–water partition coefficient (Wildman–Crippen LogP) is 2.75. The maximum absolute atomic E-state index is 12.2. The Morgan fingerprint density at radius 3 is 2.59 bits per heavy atom. The van der Waals surface area contributed by atoms with Crippen molar-refractivity contribution in [1.82, 2.24) is 0 Å². The number of amides is 1. The van der Waals surface area contributed by atoms with Crippen LogP contribution in [0.3, 0.4) is 0 Å². The Morgan fingerprint density at radius 1 is 1.27 bits per heavy atom. The van der Waals surface area contributed by atoms with E-state index < -0.39 is 10.8 Å². The van der Waals surface area contributed by atoms with Crippen LogP contribution in [0.5, 0.6) is 5.75 Å². The quantitative estimate of drug-likeness (QED) is 0.513. The van der Waals surface area contributed by atoms with Gasteiger partial charge in [0.2, 0.25) is 0 Å². The van der Waals surface area contributed by atoms with E-state index in [1.165, 1.54) is 25.3 Å². The van der Waals surface area contributed by atoms with Crippen LogP contribution in [0.25, 0.3) is 0 Å². The molecule has 2 aromatic carbocycles. The fourth-order valence-electron chi connectivity index (χ4n) is 1.96. The van der Waals surface area contributed by atoms with Gasteiger partial charge in [-0.3, -0.25) is 14.9 Å². The zero-order valence-electron chi connectivity index (χ0n) is 12.1. The normalized spacial score (nSPS) is 10.1. The van der Waals surface area contributed by atoms with E-state index in [9.17, 15) is 14.9 Å². The lowest BCUT2D eigenvalue weighted by molar-refractivity contribution is -0.385. The number of nitro benzene ring substituents is 1. The molecule has 1 amide bonds. The van der Waals surface area contributed by atoms with Gasteiger partial charge in [-0.2, -0.15) is 0 Å². The van der Waals surface area contributed by atoms with Crippen molar-refractivity contribution in [1.29, 1.82) is 0 Å². The maximum Gasteiger partial charge on any atom is 0.274 e. The van der Waals surface area contributed by atoms with Gasteiger partial charge in [0.25, 0.3) is 11.6 Å². The number of carbonyl (C=O) groups excluding carboxylic acids is 1. The monoisotopic (exact) mass is 301 g/mol. The zero-order chi connectivity index (χ0) is 16.3. The summed E-state index contributed by atoms with van der Waals surface area (Å²) in [4.78, 5) is 22.6. The first-order valence-electron chi connectivity index (χ1n) is 6.42. The van der Waals surface area contributed by atoms with Gasteiger partial charge in [0.15, 0.2) is 0 Å². The summed E-state index contributed by atoms with van der Waals surface area (Å²) in [7, 11) is 1.50. The summed E-state index contributed by atoms with van der Waals surface area (Å²) in [6.45, 7) is 1.63. The number of hydrogen-bond acceptors (Lipinski definition) is 5. The van der Waals surface area contributed by atoms with Gasteiger partial charge in [0.1, 0.15) is 5.75 Å². The molecule has 0 aromatic heterocycles. The Kier molecular flexibility index (Phi) is 4.26. The number of aryl methyl sites for hydroxylation is 1. The second-order valence-corrected chi connectivity index (χ2v) is 4.67. The zero-order valence-corrected chi connectivity index (χ0v) is 12.1. The van der Waals surface area contributed by atoms with Gasteiger partial charge < -0.3 is 15.8 Å². The highest BCUT2D eigenvalue weighted by Crippen LogP contribution is 2.24. The highest BCUT2D eigenvalue weighted by molar-refractivity contribution is 6.08. The molecule has 2 rings (SSSR count). The van der Waals surface area contributed by atoms with Crippen LogP contribution in [0, 0.1) is 17.0 Å². The van der Waals surface area contributed by atoms with E-state index in [1.54, 1.807) is 25.1 Å². The molecule has 0 saturated carbocycles. The first-order valence-corrected chi connectivity index (χ1v) is 6.42. The van der Waals surface area contributed by atoms with Crippen molar-refractivity contribution in [3.63, 3.8) is 0 Å². The molecule has 0 fully saturated rings. The van der Waals surface area contributed by atoms with E-state index in [0.717, 1.165) is 0 Å². The second-order valence-electron chi connectivity index (χ2n) is 4.67. The van der Waals surface area contributed by atoms with Gasteiger partial charge in [-0.1, -0.05) is 6.07 Å². The molecule has 7 heteroatoms. The Labute approximate surface area is 126 Å². The molecule has 7 nitrogen and oxygen atoms in total. The third-order valence-electron chi connectivity index (χ3n) is 3.17. The van der Waals surface area contributed by atoms with Crippen molar-refractivity contribution in [2.24, 2.45) is 0 Å². The molecule has 2 aromatic rings. The van der Waals surface area contributed by atoms with Crippen LogP contribution in [0.4, 0.5) is 17.1 Å². The molecule has 0 spiro atoms.